The first-order valence-corrected chi connectivity index (χ1v) is 9.31. The number of aliphatic carboxylic acids is 1. The number of imidazole rings is 1. The Bertz CT molecular complexity index is 782. The fourth-order valence-electron chi connectivity index (χ4n) is 2.41. The average molecular weight is 441 g/mol. The van der Waals surface area contributed by atoms with Crippen molar-refractivity contribution in [1.82, 2.24) is 25.9 Å². The zero-order valence-electron chi connectivity index (χ0n) is 16.8. The smallest absolute Gasteiger partial charge is 0.326 e. The number of aliphatic hydroxyl groups is 1. The fraction of sp³-hybridized carbons (Fsp3) is 0.529. The minimum atomic E-state index is -1.51. The van der Waals surface area contributed by atoms with Gasteiger partial charge in [0.2, 0.25) is 23.6 Å². The molecule has 0 saturated heterocycles. The van der Waals surface area contributed by atoms with Crippen molar-refractivity contribution in [2.24, 2.45) is 11.5 Å². The zero-order chi connectivity index (χ0) is 23.6. The number of hydrogen-bond donors (Lipinski definition) is 8. The molecule has 31 heavy (non-hydrogen) atoms. The molecule has 0 fully saturated rings. The van der Waals surface area contributed by atoms with Crippen molar-refractivity contribution in [2.45, 2.75) is 50.4 Å². The van der Waals surface area contributed by atoms with Crippen LogP contribution in [0.25, 0.3) is 0 Å². The molecule has 1 aromatic heterocycles. The number of rotatable bonds is 13. The molecule has 0 bridgehead atoms. The van der Waals surface area contributed by atoms with Gasteiger partial charge in [0.15, 0.2) is 0 Å². The largest absolute Gasteiger partial charge is 0.480 e. The van der Waals surface area contributed by atoms with Crippen LogP contribution in [0.4, 0.5) is 0 Å². The van der Waals surface area contributed by atoms with Gasteiger partial charge < -0.3 is 42.6 Å². The Kier molecular flexibility index (Phi) is 10.1. The Balaban J connectivity index is 2.86. The van der Waals surface area contributed by atoms with Gasteiger partial charge in [-0.25, -0.2) is 9.78 Å². The van der Waals surface area contributed by atoms with Crippen LogP contribution in [-0.4, -0.2) is 80.6 Å². The van der Waals surface area contributed by atoms with E-state index < -0.39 is 60.4 Å². The molecule has 4 atom stereocenters. The second-order valence-electron chi connectivity index (χ2n) is 6.78. The highest BCUT2D eigenvalue weighted by molar-refractivity contribution is 5.94. The number of primary amides is 1. The lowest BCUT2D eigenvalue weighted by molar-refractivity contribution is -0.143. The standard InChI is InChI=1S/C17H27N7O7/c1-8(18)14(27)23-11(4-9-5-20-7-21-9)15(28)24-12(6-25)16(29)22-10(17(30)31)2-3-13(19)26/h5,7-8,10-12,25H,2-4,6,18H2,1H3,(H2,19,26)(H,20,21)(H,22,29)(H,23,27)(H,24,28)(H,30,31). The first-order chi connectivity index (χ1) is 14.5. The van der Waals surface area contributed by atoms with E-state index in [0.717, 1.165) is 0 Å². The number of aromatic amines is 1. The highest BCUT2D eigenvalue weighted by atomic mass is 16.4. The minimum Gasteiger partial charge on any atom is -0.480 e. The number of amides is 4. The third-order valence-corrected chi connectivity index (χ3v) is 4.13. The van der Waals surface area contributed by atoms with E-state index in [1.807, 2.05) is 0 Å². The number of aromatic nitrogens is 2. The number of H-pyrrole nitrogens is 1. The van der Waals surface area contributed by atoms with E-state index in [2.05, 4.69) is 25.9 Å². The van der Waals surface area contributed by atoms with Crippen molar-refractivity contribution in [3.05, 3.63) is 18.2 Å². The van der Waals surface area contributed by atoms with Gasteiger partial charge in [0, 0.05) is 24.7 Å². The molecule has 4 amide bonds. The van der Waals surface area contributed by atoms with E-state index >= 15 is 0 Å². The molecule has 1 heterocycles. The van der Waals surface area contributed by atoms with Crippen LogP contribution in [0.5, 0.6) is 0 Å². The Hall–Kier alpha value is -3.52. The molecular weight excluding hydrogens is 414 g/mol. The lowest BCUT2D eigenvalue weighted by Gasteiger charge is -2.23. The molecule has 0 aromatic carbocycles. The first kappa shape index (κ1) is 25.5. The topological polar surface area (TPSA) is 243 Å². The van der Waals surface area contributed by atoms with E-state index in [4.69, 9.17) is 16.6 Å². The Labute approximate surface area is 177 Å². The normalized spacial score (nSPS) is 14.5. The van der Waals surface area contributed by atoms with Gasteiger partial charge >= 0.3 is 5.97 Å². The van der Waals surface area contributed by atoms with Crippen LogP contribution in [0.2, 0.25) is 0 Å². The van der Waals surface area contributed by atoms with Crippen LogP contribution in [0.3, 0.4) is 0 Å². The molecule has 4 unspecified atom stereocenters. The summed E-state index contributed by atoms with van der Waals surface area (Å²) in [5.74, 6) is -4.60. The second-order valence-corrected chi connectivity index (χ2v) is 6.78. The van der Waals surface area contributed by atoms with E-state index in [-0.39, 0.29) is 19.3 Å². The number of carboxylic acids is 1. The second kappa shape index (κ2) is 12.2. The third kappa shape index (κ3) is 8.79. The predicted octanol–water partition coefficient (Wildman–Crippen LogP) is -3.90. The summed E-state index contributed by atoms with van der Waals surface area (Å²) in [5.41, 5.74) is 11.0. The zero-order valence-corrected chi connectivity index (χ0v) is 16.8. The monoisotopic (exact) mass is 441 g/mol. The number of nitrogens with two attached hydrogens (primary N) is 2. The van der Waals surface area contributed by atoms with Crippen molar-refractivity contribution in [3.8, 4) is 0 Å². The summed E-state index contributed by atoms with van der Waals surface area (Å²) in [6, 6.07) is -5.04. The molecule has 1 aromatic rings. The van der Waals surface area contributed by atoms with Gasteiger partial charge in [-0.3, -0.25) is 19.2 Å². The molecular formula is C17H27N7O7. The third-order valence-electron chi connectivity index (χ3n) is 4.13. The number of aliphatic hydroxyl groups excluding tert-OH is 1. The summed E-state index contributed by atoms with van der Waals surface area (Å²) in [4.78, 5) is 65.7. The number of carbonyl (C=O) groups excluding carboxylic acids is 4. The van der Waals surface area contributed by atoms with Crippen molar-refractivity contribution in [3.63, 3.8) is 0 Å². The summed E-state index contributed by atoms with van der Waals surface area (Å²) in [5, 5.41) is 25.5. The molecule has 0 aliphatic rings. The van der Waals surface area contributed by atoms with Gasteiger partial charge in [-0.05, 0) is 13.3 Å². The first-order valence-electron chi connectivity index (χ1n) is 9.31. The van der Waals surface area contributed by atoms with Crippen LogP contribution in [0, 0.1) is 0 Å². The summed E-state index contributed by atoms with van der Waals surface area (Å²) in [6.45, 7) is 0.570. The molecule has 0 radical (unpaired) electrons. The van der Waals surface area contributed by atoms with E-state index in [0.29, 0.717) is 5.69 Å². The van der Waals surface area contributed by atoms with Crippen LogP contribution in [0.15, 0.2) is 12.5 Å². The van der Waals surface area contributed by atoms with Crippen LogP contribution in [-0.2, 0) is 30.4 Å². The molecule has 0 aliphatic carbocycles. The van der Waals surface area contributed by atoms with Crippen LogP contribution < -0.4 is 27.4 Å². The van der Waals surface area contributed by atoms with Crippen molar-refractivity contribution in [2.75, 3.05) is 6.61 Å². The van der Waals surface area contributed by atoms with Crippen molar-refractivity contribution < 1.29 is 34.2 Å². The maximum absolute atomic E-state index is 12.7. The highest BCUT2D eigenvalue weighted by Gasteiger charge is 2.30. The van der Waals surface area contributed by atoms with Gasteiger partial charge in [0.25, 0.3) is 0 Å². The molecule has 10 N–H and O–H groups in total. The Morgan fingerprint density at radius 1 is 1.06 bits per heavy atom. The molecule has 172 valence electrons. The Morgan fingerprint density at radius 3 is 2.13 bits per heavy atom. The number of carboxylic acid groups (broad SMARTS) is 1. The maximum Gasteiger partial charge on any atom is 0.326 e. The molecule has 1 rings (SSSR count). The van der Waals surface area contributed by atoms with Gasteiger partial charge in [0.1, 0.15) is 18.1 Å². The highest BCUT2D eigenvalue weighted by Crippen LogP contribution is 2.02. The number of nitrogens with zero attached hydrogens (tertiary/aromatic N) is 1. The molecule has 0 aliphatic heterocycles. The van der Waals surface area contributed by atoms with Gasteiger partial charge in [0.05, 0.1) is 19.0 Å². The quantitative estimate of drug-likeness (QED) is 0.149. The van der Waals surface area contributed by atoms with E-state index in [9.17, 15) is 29.1 Å². The lowest BCUT2D eigenvalue weighted by Crippen LogP contribution is -2.58. The molecule has 14 heteroatoms. The summed E-state index contributed by atoms with van der Waals surface area (Å²) in [7, 11) is 0. The van der Waals surface area contributed by atoms with Crippen molar-refractivity contribution in [1.29, 1.82) is 0 Å². The van der Waals surface area contributed by atoms with Gasteiger partial charge in [-0.2, -0.15) is 0 Å². The lowest BCUT2D eigenvalue weighted by atomic mass is 10.1. The van der Waals surface area contributed by atoms with E-state index in [1.54, 1.807) is 0 Å². The predicted molar refractivity (Wildman–Crippen MR) is 105 cm³/mol. The average Bonchev–Trinajstić information content (AvgIpc) is 3.20. The number of carbonyl (C=O) groups is 5. The number of hydrogen-bond acceptors (Lipinski definition) is 8. The molecule has 14 nitrogen and oxygen atoms in total. The summed E-state index contributed by atoms with van der Waals surface area (Å²) >= 11 is 0. The van der Waals surface area contributed by atoms with Crippen LogP contribution in [0.1, 0.15) is 25.5 Å². The fourth-order valence-corrected chi connectivity index (χ4v) is 2.41. The summed E-state index contributed by atoms with van der Waals surface area (Å²) < 4.78 is 0. The summed E-state index contributed by atoms with van der Waals surface area (Å²) in [6.07, 6.45) is 2.24. The van der Waals surface area contributed by atoms with Crippen molar-refractivity contribution >= 4 is 29.6 Å². The van der Waals surface area contributed by atoms with Gasteiger partial charge in [-0.15, -0.1) is 0 Å². The Morgan fingerprint density at radius 2 is 1.65 bits per heavy atom. The molecule has 0 saturated carbocycles. The number of nitrogens with one attached hydrogen (secondary N) is 4. The van der Waals surface area contributed by atoms with Crippen LogP contribution >= 0.6 is 0 Å². The van der Waals surface area contributed by atoms with Gasteiger partial charge in [-0.1, -0.05) is 0 Å². The minimum absolute atomic E-state index is 0.0135. The molecule has 0 spiro atoms. The van der Waals surface area contributed by atoms with E-state index in [1.165, 1.54) is 19.4 Å². The maximum atomic E-state index is 12.7. The SMILES string of the molecule is CC(N)C(=O)NC(Cc1cnc[nH]1)C(=O)NC(CO)C(=O)NC(CCC(N)=O)C(=O)O.